The molecule has 0 aromatic carbocycles. The average molecular weight is 257 g/mol. The lowest BCUT2D eigenvalue weighted by molar-refractivity contribution is 0.112. The van der Waals surface area contributed by atoms with Crippen molar-refractivity contribution in [3.05, 3.63) is 35.9 Å². The maximum Gasteiger partial charge on any atom is 0.152 e. The molecule has 1 aliphatic rings. The van der Waals surface area contributed by atoms with E-state index in [0.717, 1.165) is 30.7 Å². The van der Waals surface area contributed by atoms with E-state index in [1.54, 1.807) is 0 Å². The van der Waals surface area contributed by atoms with Crippen LogP contribution in [0.4, 0.5) is 0 Å². The molecule has 0 amide bonds. The number of likely N-dealkylation sites (N-methyl/N-ethyl adjacent to an activating group) is 1. The summed E-state index contributed by atoms with van der Waals surface area (Å²) in [4.78, 5) is 18.1. The topological polar surface area (TPSA) is 37.6 Å². The predicted octanol–water partition coefficient (Wildman–Crippen LogP) is 2.35. The fraction of sp³-hybridized carbons (Fsp3) is 0.467. The average Bonchev–Trinajstić information content (AvgIpc) is 2.91. The highest BCUT2D eigenvalue weighted by molar-refractivity contribution is 5.85. The molecule has 1 aliphatic heterocycles. The smallest absolute Gasteiger partial charge is 0.152 e. The highest BCUT2D eigenvalue weighted by Gasteiger charge is 2.23. The first kappa shape index (κ1) is 12.4. The quantitative estimate of drug-likeness (QED) is 0.792. The summed E-state index contributed by atoms with van der Waals surface area (Å²) >= 11 is 0. The predicted molar refractivity (Wildman–Crippen MR) is 74.7 cm³/mol. The van der Waals surface area contributed by atoms with Gasteiger partial charge in [0.1, 0.15) is 5.82 Å². The van der Waals surface area contributed by atoms with E-state index in [1.807, 2.05) is 24.5 Å². The van der Waals surface area contributed by atoms with Crippen LogP contribution in [0, 0.1) is 0 Å². The van der Waals surface area contributed by atoms with E-state index < -0.39 is 0 Å². The zero-order valence-corrected chi connectivity index (χ0v) is 11.2. The Morgan fingerprint density at radius 1 is 1.53 bits per heavy atom. The van der Waals surface area contributed by atoms with Gasteiger partial charge in [-0.15, -0.1) is 0 Å². The third-order valence-corrected chi connectivity index (χ3v) is 4.08. The monoisotopic (exact) mass is 257 g/mol. The molecule has 4 heteroatoms. The molecule has 0 radical (unpaired) electrons. The number of fused-ring (bicyclic) bond motifs is 1. The van der Waals surface area contributed by atoms with Crippen LogP contribution in [0.5, 0.6) is 0 Å². The van der Waals surface area contributed by atoms with Crippen molar-refractivity contribution in [2.45, 2.75) is 25.7 Å². The standard InChI is InChI=1S/C15H19N3O/c1-2-17-7-3-5-12(10-17)15-16-9-14-13(11-19)6-4-8-18(14)15/h4,6,8-9,11-12H,2-3,5,7,10H2,1H3. The van der Waals surface area contributed by atoms with Crippen molar-refractivity contribution in [2.75, 3.05) is 19.6 Å². The van der Waals surface area contributed by atoms with Crippen molar-refractivity contribution in [3.8, 4) is 0 Å². The van der Waals surface area contributed by atoms with Crippen LogP contribution in [0.1, 0.15) is 41.9 Å². The SMILES string of the molecule is CCN1CCCC(c2ncc3c(C=O)cccn23)C1. The maximum atomic E-state index is 11.1. The fourth-order valence-corrected chi connectivity index (χ4v) is 3.02. The first-order valence-electron chi connectivity index (χ1n) is 6.97. The third kappa shape index (κ3) is 2.16. The number of likely N-dealkylation sites (tertiary alicyclic amines) is 1. The largest absolute Gasteiger partial charge is 0.303 e. The lowest BCUT2D eigenvalue weighted by Gasteiger charge is -2.31. The zero-order valence-electron chi connectivity index (χ0n) is 11.2. The summed E-state index contributed by atoms with van der Waals surface area (Å²) in [6.45, 7) is 5.56. The van der Waals surface area contributed by atoms with Crippen molar-refractivity contribution < 1.29 is 4.79 Å². The lowest BCUT2D eigenvalue weighted by atomic mass is 9.97. The van der Waals surface area contributed by atoms with Crippen LogP contribution < -0.4 is 0 Å². The first-order chi connectivity index (χ1) is 9.33. The van der Waals surface area contributed by atoms with Crippen molar-refractivity contribution >= 4 is 11.8 Å². The van der Waals surface area contributed by atoms with Gasteiger partial charge in [-0.25, -0.2) is 4.98 Å². The molecule has 1 fully saturated rings. The second-order valence-electron chi connectivity index (χ2n) is 5.19. The normalized spacial score (nSPS) is 20.8. The zero-order chi connectivity index (χ0) is 13.2. The number of rotatable bonds is 3. The minimum atomic E-state index is 0.470. The summed E-state index contributed by atoms with van der Waals surface area (Å²) in [5.41, 5.74) is 1.63. The van der Waals surface area contributed by atoms with E-state index in [1.165, 1.54) is 19.4 Å². The van der Waals surface area contributed by atoms with Crippen molar-refractivity contribution in [1.29, 1.82) is 0 Å². The summed E-state index contributed by atoms with van der Waals surface area (Å²) in [5, 5.41) is 0. The fourth-order valence-electron chi connectivity index (χ4n) is 3.02. The van der Waals surface area contributed by atoms with Gasteiger partial charge in [0.25, 0.3) is 0 Å². The molecule has 4 nitrogen and oxygen atoms in total. The van der Waals surface area contributed by atoms with Gasteiger partial charge in [-0.2, -0.15) is 0 Å². The van der Waals surface area contributed by atoms with Crippen LogP contribution in [0.15, 0.2) is 24.5 Å². The Morgan fingerprint density at radius 2 is 2.42 bits per heavy atom. The maximum absolute atomic E-state index is 11.1. The minimum Gasteiger partial charge on any atom is -0.303 e. The van der Waals surface area contributed by atoms with Crippen LogP contribution in [-0.2, 0) is 0 Å². The Labute approximate surface area is 113 Å². The number of aromatic nitrogens is 2. The number of carbonyl (C=O) groups excluding carboxylic acids is 1. The number of pyridine rings is 1. The van der Waals surface area contributed by atoms with E-state index in [4.69, 9.17) is 0 Å². The Morgan fingerprint density at radius 3 is 3.21 bits per heavy atom. The Bertz CT molecular complexity index is 590. The molecule has 1 atom stereocenters. The molecule has 0 aliphatic carbocycles. The second kappa shape index (κ2) is 5.13. The van der Waals surface area contributed by atoms with Gasteiger partial charge in [-0.1, -0.05) is 6.92 Å². The van der Waals surface area contributed by atoms with Crippen molar-refractivity contribution in [2.24, 2.45) is 0 Å². The Balaban J connectivity index is 1.99. The molecular weight excluding hydrogens is 238 g/mol. The summed E-state index contributed by atoms with van der Waals surface area (Å²) in [7, 11) is 0. The second-order valence-corrected chi connectivity index (χ2v) is 5.19. The number of piperidine rings is 1. The summed E-state index contributed by atoms with van der Waals surface area (Å²) in [5.74, 6) is 1.56. The van der Waals surface area contributed by atoms with E-state index in [-0.39, 0.29) is 0 Å². The van der Waals surface area contributed by atoms with Gasteiger partial charge in [-0.05, 0) is 38.1 Å². The Kier molecular flexibility index (Phi) is 3.34. The van der Waals surface area contributed by atoms with Crippen LogP contribution in [-0.4, -0.2) is 40.2 Å². The Hall–Kier alpha value is -1.68. The molecule has 1 unspecified atom stereocenters. The molecule has 0 N–H and O–H groups in total. The van der Waals surface area contributed by atoms with E-state index in [2.05, 4.69) is 21.2 Å². The lowest BCUT2D eigenvalue weighted by Crippen LogP contribution is -2.34. The van der Waals surface area contributed by atoms with Crippen molar-refractivity contribution in [1.82, 2.24) is 14.3 Å². The van der Waals surface area contributed by atoms with Gasteiger partial charge in [0.2, 0.25) is 0 Å². The molecule has 2 aromatic heterocycles. The van der Waals surface area contributed by atoms with Gasteiger partial charge < -0.3 is 9.30 Å². The molecule has 0 spiro atoms. The van der Waals surface area contributed by atoms with Gasteiger partial charge >= 0.3 is 0 Å². The molecule has 3 heterocycles. The van der Waals surface area contributed by atoms with Crippen LogP contribution in [0.3, 0.4) is 0 Å². The number of imidazole rings is 1. The summed E-state index contributed by atoms with van der Waals surface area (Å²) < 4.78 is 2.08. The van der Waals surface area contributed by atoms with E-state index in [0.29, 0.717) is 11.5 Å². The van der Waals surface area contributed by atoms with Crippen LogP contribution >= 0.6 is 0 Å². The first-order valence-corrected chi connectivity index (χ1v) is 6.97. The molecule has 3 rings (SSSR count). The number of carbonyl (C=O) groups is 1. The molecule has 100 valence electrons. The van der Waals surface area contributed by atoms with Gasteiger partial charge in [0.15, 0.2) is 6.29 Å². The number of aldehydes is 1. The van der Waals surface area contributed by atoms with E-state index in [9.17, 15) is 4.79 Å². The number of nitrogens with zero attached hydrogens (tertiary/aromatic N) is 3. The molecule has 0 bridgehead atoms. The molecule has 19 heavy (non-hydrogen) atoms. The molecule has 2 aromatic rings. The number of hydrogen-bond acceptors (Lipinski definition) is 3. The number of hydrogen-bond donors (Lipinski definition) is 0. The van der Waals surface area contributed by atoms with Crippen LogP contribution in [0.25, 0.3) is 5.52 Å². The highest BCUT2D eigenvalue weighted by atomic mass is 16.1. The third-order valence-electron chi connectivity index (χ3n) is 4.08. The molecule has 1 saturated heterocycles. The van der Waals surface area contributed by atoms with Gasteiger partial charge in [-0.3, -0.25) is 4.79 Å². The highest BCUT2D eigenvalue weighted by Crippen LogP contribution is 2.27. The van der Waals surface area contributed by atoms with Crippen LogP contribution in [0.2, 0.25) is 0 Å². The minimum absolute atomic E-state index is 0.470. The molecule has 0 saturated carbocycles. The summed E-state index contributed by atoms with van der Waals surface area (Å²) in [6, 6.07) is 3.76. The van der Waals surface area contributed by atoms with E-state index >= 15 is 0 Å². The van der Waals surface area contributed by atoms with Gasteiger partial charge in [0.05, 0.1) is 11.7 Å². The van der Waals surface area contributed by atoms with Crippen molar-refractivity contribution in [3.63, 3.8) is 0 Å². The summed E-state index contributed by atoms with van der Waals surface area (Å²) in [6.07, 6.45) is 7.14. The molecular formula is C15H19N3O. The van der Waals surface area contributed by atoms with Gasteiger partial charge in [0, 0.05) is 24.2 Å².